The van der Waals surface area contributed by atoms with Gasteiger partial charge >= 0.3 is 5.97 Å². The molecule has 0 radical (unpaired) electrons. The first-order valence-corrected chi connectivity index (χ1v) is 9.36. The standard InChI is InChI=1S/C19H22N2O3S/c1-4-13-8-14(10-15(9-13)19(23)24-3)18(22)21-7-5-6-16(21)17-20-12(2)11-25-17/h8-11,16H,4-7H2,1-3H3. The maximum absolute atomic E-state index is 13.1. The van der Waals surface area contributed by atoms with E-state index in [4.69, 9.17) is 4.74 Å². The van der Waals surface area contributed by atoms with Crippen molar-refractivity contribution in [1.82, 2.24) is 9.88 Å². The minimum Gasteiger partial charge on any atom is -0.465 e. The lowest BCUT2D eigenvalue weighted by Crippen LogP contribution is -2.30. The summed E-state index contributed by atoms with van der Waals surface area (Å²) in [4.78, 5) is 31.5. The van der Waals surface area contributed by atoms with Gasteiger partial charge in [-0.1, -0.05) is 6.92 Å². The van der Waals surface area contributed by atoms with Crippen molar-refractivity contribution in [2.24, 2.45) is 0 Å². The van der Waals surface area contributed by atoms with E-state index in [2.05, 4.69) is 4.98 Å². The number of aryl methyl sites for hydroxylation is 2. The van der Waals surface area contributed by atoms with Gasteiger partial charge in [0.1, 0.15) is 5.01 Å². The van der Waals surface area contributed by atoms with Crippen molar-refractivity contribution in [3.05, 3.63) is 51.0 Å². The predicted octanol–water partition coefficient (Wildman–Crippen LogP) is 3.78. The van der Waals surface area contributed by atoms with Gasteiger partial charge in [-0.15, -0.1) is 11.3 Å². The van der Waals surface area contributed by atoms with E-state index < -0.39 is 5.97 Å². The third-order valence-electron chi connectivity index (χ3n) is 4.50. The average Bonchev–Trinajstić information content (AvgIpc) is 3.28. The van der Waals surface area contributed by atoms with E-state index in [0.29, 0.717) is 17.7 Å². The van der Waals surface area contributed by atoms with Crippen molar-refractivity contribution in [3.63, 3.8) is 0 Å². The van der Waals surface area contributed by atoms with Crippen molar-refractivity contribution in [3.8, 4) is 0 Å². The summed E-state index contributed by atoms with van der Waals surface area (Å²) in [6.45, 7) is 4.68. The molecule has 0 bridgehead atoms. The van der Waals surface area contributed by atoms with Crippen molar-refractivity contribution < 1.29 is 14.3 Å². The third kappa shape index (κ3) is 3.58. The molecule has 0 saturated carbocycles. The molecular weight excluding hydrogens is 336 g/mol. The first-order valence-electron chi connectivity index (χ1n) is 8.48. The molecule has 1 fully saturated rings. The van der Waals surface area contributed by atoms with Crippen molar-refractivity contribution in [2.45, 2.75) is 39.2 Å². The van der Waals surface area contributed by atoms with Gasteiger partial charge in [-0.2, -0.15) is 0 Å². The molecular formula is C19H22N2O3S. The molecule has 132 valence electrons. The van der Waals surface area contributed by atoms with Gasteiger partial charge in [0.2, 0.25) is 0 Å². The Morgan fingerprint density at radius 2 is 2.08 bits per heavy atom. The smallest absolute Gasteiger partial charge is 0.337 e. The molecule has 6 heteroatoms. The summed E-state index contributed by atoms with van der Waals surface area (Å²) in [5.41, 5.74) is 2.90. The molecule has 1 saturated heterocycles. The molecule has 0 N–H and O–H groups in total. The number of aromatic nitrogens is 1. The topological polar surface area (TPSA) is 59.5 Å². The van der Waals surface area contributed by atoms with Crippen LogP contribution in [0.3, 0.4) is 0 Å². The SMILES string of the molecule is CCc1cc(C(=O)OC)cc(C(=O)N2CCCC2c2nc(C)cs2)c1. The van der Waals surface area contributed by atoms with Crippen molar-refractivity contribution in [1.29, 1.82) is 0 Å². The van der Waals surface area contributed by atoms with Crippen LogP contribution in [0, 0.1) is 6.92 Å². The number of benzene rings is 1. The lowest BCUT2D eigenvalue weighted by Gasteiger charge is -2.23. The summed E-state index contributed by atoms with van der Waals surface area (Å²) in [6.07, 6.45) is 2.64. The Morgan fingerprint density at radius 1 is 1.32 bits per heavy atom. The second-order valence-corrected chi connectivity index (χ2v) is 7.14. The van der Waals surface area contributed by atoms with Crippen LogP contribution >= 0.6 is 11.3 Å². The van der Waals surface area contributed by atoms with Gasteiger partial charge in [0.15, 0.2) is 0 Å². The van der Waals surface area contributed by atoms with Crippen LogP contribution in [0.25, 0.3) is 0 Å². The molecule has 25 heavy (non-hydrogen) atoms. The van der Waals surface area contributed by atoms with Gasteiger partial charge in [-0.05, 0) is 49.9 Å². The van der Waals surface area contributed by atoms with Crippen LogP contribution in [0.1, 0.15) is 62.8 Å². The maximum atomic E-state index is 13.1. The number of thiazole rings is 1. The van der Waals surface area contributed by atoms with E-state index in [0.717, 1.165) is 35.5 Å². The normalized spacial score (nSPS) is 16.9. The Balaban J connectivity index is 1.92. The molecule has 0 aliphatic carbocycles. The van der Waals surface area contributed by atoms with Gasteiger partial charge < -0.3 is 9.64 Å². The molecule has 5 nitrogen and oxygen atoms in total. The second kappa shape index (κ2) is 7.35. The van der Waals surface area contributed by atoms with E-state index >= 15 is 0 Å². The van der Waals surface area contributed by atoms with Crippen LogP contribution in [0.15, 0.2) is 23.6 Å². The highest BCUT2D eigenvalue weighted by molar-refractivity contribution is 7.09. The zero-order valence-corrected chi connectivity index (χ0v) is 15.6. The molecule has 1 aromatic heterocycles. The van der Waals surface area contributed by atoms with Crippen LogP contribution in [0.4, 0.5) is 0 Å². The van der Waals surface area contributed by atoms with E-state index in [-0.39, 0.29) is 11.9 Å². The molecule has 0 spiro atoms. The molecule has 1 unspecified atom stereocenters. The number of rotatable bonds is 4. The van der Waals surface area contributed by atoms with Crippen LogP contribution in [-0.2, 0) is 11.2 Å². The fourth-order valence-electron chi connectivity index (χ4n) is 3.21. The van der Waals surface area contributed by atoms with Crippen LogP contribution in [0.2, 0.25) is 0 Å². The summed E-state index contributed by atoms with van der Waals surface area (Å²) in [7, 11) is 1.35. The quantitative estimate of drug-likeness (QED) is 0.781. The minimum atomic E-state index is -0.419. The van der Waals surface area contributed by atoms with E-state index in [1.807, 2.05) is 30.2 Å². The fourth-order valence-corrected chi connectivity index (χ4v) is 4.16. The third-order valence-corrected chi connectivity index (χ3v) is 5.57. The van der Waals surface area contributed by atoms with E-state index in [9.17, 15) is 9.59 Å². The van der Waals surface area contributed by atoms with Gasteiger partial charge in [-0.3, -0.25) is 4.79 Å². The highest BCUT2D eigenvalue weighted by Gasteiger charge is 2.32. The highest BCUT2D eigenvalue weighted by atomic mass is 32.1. The number of esters is 1. The summed E-state index contributed by atoms with van der Waals surface area (Å²) < 4.78 is 4.82. The van der Waals surface area contributed by atoms with E-state index in [1.165, 1.54) is 7.11 Å². The fraction of sp³-hybridized carbons (Fsp3) is 0.421. The summed E-state index contributed by atoms with van der Waals surface area (Å²) in [5.74, 6) is -0.464. The highest BCUT2D eigenvalue weighted by Crippen LogP contribution is 2.35. The Bertz CT molecular complexity index is 800. The van der Waals surface area contributed by atoms with Gasteiger partial charge in [0, 0.05) is 23.2 Å². The molecule has 1 aromatic carbocycles. The largest absolute Gasteiger partial charge is 0.465 e. The number of carbonyl (C=O) groups is 2. The van der Waals surface area contributed by atoms with E-state index in [1.54, 1.807) is 23.5 Å². The van der Waals surface area contributed by atoms with Gasteiger partial charge in [0.25, 0.3) is 5.91 Å². The summed E-state index contributed by atoms with van der Waals surface area (Å²) in [6, 6.07) is 5.32. The summed E-state index contributed by atoms with van der Waals surface area (Å²) in [5, 5.41) is 3.01. The van der Waals surface area contributed by atoms with Gasteiger partial charge in [0.05, 0.1) is 18.7 Å². The monoisotopic (exact) mass is 358 g/mol. The molecule has 2 heterocycles. The number of nitrogens with zero attached hydrogens (tertiary/aromatic N) is 2. The lowest BCUT2D eigenvalue weighted by molar-refractivity contribution is 0.0600. The van der Waals surface area contributed by atoms with Crippen LogP contribution in [0.5, 0.6) is 0 Å². The van der Waals surface area contributed by atoms with Crippen LogP contribution in [-0.4, -0.2) is 35.4 Å². The lowest BCUT2D eigenvalue weighted by atomic mass is 10.0. The average molecular weight is 358 g/mol. The van der Waals surface area contributed by atoms with Crippen molar-refractivity contribution >= 4 is 23.2 Å². The van der Waals surface area contributed by atoms with Crippen molar-refractivity contribution in [2.75, 3.05) is 13.7 Å². The predicted molar refractivity (Wildman–Crippen MR) is 97.0 cm³/mol. The molecule has 3 rings (SSSR count). The second-order valence-electron chi connectivity index (χ2n) is 6.25. The minimum absolute atomic E-state index is 0.0260. The summed E-state index contributed by atoms with van der Waals surface area (Å²) >= 11 is 1.60. The number of likely N-dealkylation sites (tertiary alicyclic amines) is 1. The Labute approximate surface area is 151 Å². The molecule has 1 amide bonds. The zero-order chi connectivity index (χ0) is 18.0. The maximum Gasteiger partial charge on any atom is 0.337 e. The van der Waals surface area contributed by atoms with Gasteiger partial charge in [-0.25, -0.2) is 9.78 Å². The molecule has 2 aromatic rings. The Morgan fingerprint density at radius 3 is 2.72 bits per heavy atom. The molecule has 1 aliphatic heterocycles. The number of hydrogen-bond acceptors (Lipinski definition) is 5. The number of methoxy groups -OCH3 is 1. The number of carbonyl (C=O) groups excluding carboxylic acids is 2. The Kier molecular flexibility index (Phi) is 5.18. The van der Waals surface area contributed by atoms with Crippen LogP contribution < -0.4 is 0 Å². The number of hydrogen-bond donors (Lipinski definition) is 0. The number of amides is 1. The molecule has 1 atom stereocenters. The first-order chi connectivity index (χ1) is 12.0. The zero-order valence-electron chi connectivity index (χ0n) is 14.7. The molecule has 1 aliphatic rings. The Hall–Kier alpha value is -2.21. The first kappa shape index (κ1) is 17.6. The number of ether oxygens (including phenoxy) is 1.